The second kappa shape index (κ2) is 7.23. The van der Waals surface area contributed by atoms with Gasteiger partial charge in [-0.3, -0.25) is 9.88 Å². The zero-order valence-corrected chi connectivity index (χ0v) is 13.9. The molecule has 1 aromatic heterocycles. The van der Waals surface area contributed by atoms with Crippen molar-refractivity contribution in [3.8, 4) is 0 Å². The van der Waals surface area contributed by atoms with Gasteiger partial charge in [-0.2, -0.15) is 4.31 Å². The van der Waals surface area contributed by atoms with Crippen LogP contribution < -0.4 is 0 Å². The lowest BCUT2D eigenvalue weighted by Crippen LogP contribution is -2.49. The Morgan fingerprint density at radius 1 is 1.17 bits per heavy atom. The van der Waals surface area contributed by atoms with Crippen molar-refractivity contribution in [2.45, 2.75) is 29.9 Å². The Hall–Kier alpha value is -1.06. The Morgan fingerprint density at radius 3 is 2.61 bits per heavy atom. The first kappa shape index (κ1) is 16.8. The topological polar surface area (TPSA) is 83.0 Å². The van der Waals surface area contributed by atoms with Crippen molar-refractivity contribution in [1.29, 1.82) is 0 Å². The first-order valence-corrected chi connectivity index (χ1v) is 9.43. The lowest BCUT2D eigenvalue weighted by Gasteiger charge is -2.36. The highest BCUT2D eigenvalue weighted by Crippen LogP contribution is 2.23. The van der Waals surface area contributed by atoms with E-state index in [1.165, 1.54) is 10.5 Å². The van der Waals surface area contributed by atoms with E-state index >= 15 is 0 Å². The van der Waals surface area contributed by atoms with Gasteiger partial charge >= 0.3 is 0 Å². The third kappa shape index (κ3) is 3.72. The summed E-state index contributed by atoms with van der Waals surface area (Å²) in [6.45, 7) is 3.66. The molecular weight excluding hydrogens is 318 g/mol. The molecule has 1 aromatic rings. The summed E-state index contributed by atoms with van der Waals surface area (Å²) in [5.41, 5.74) is 0. The van der Waals surface area contributed by atoms with E-state index in [-0.39, 0.29) is 10.9 Å². The molecule has 0 bridgehead atoms. The average molecular weight is 341 g/mol. The second-order valence-electron chi connectivity index (χ2n) is 5.95. The molecule has 128 valence electrons. The van der Waals surface area contributed by atoms with Crippen molar-refractivity contribution < 1.29 is 18.3 Å². The highest BCUT2D eigenvalue weighted by atomic mass is 32.2. The Morgan fingerprint density at radius 2 is 1.91 bits per heavy atom. The van der Waals surface area contributed by atoms with Crippen molar-refractivity contribution in [1.82, 2.24) is 14.2 Å². The van der Waals surface area contributed by atoms with Crippen LogP contribution in [0.5, 0.6) is 0 Å². The molecule has 8 heteroatoms. The fraction of sp³-hybridized carbons (Fsp3) is 0.667. The quantitative estimate of drug-likeness (QED) is 0.829. The molecule has 0 radical (unpaired) electrons. The monoisotopic (exact) mass is 341 g/mol. The van der Waals surface area contributed by atoms with Gasteiger partial charge in [0.05, 0.1) is 19.3 Å². The van der Waals surface area contributed by atoms with Crippen LogP contribution in [-0.4, -0.2) is 79.3 Å². The molecule has 2 aliphatic heterocycles. The largest absolute Gasteiger partial charge is 0.391 e. The number of aliphatic hydroxyl groups excluding tert-OH is 1. The van der Waals surface area contributed by atoms with Gasteiger partial charge in [0, 0.05) is 44.6 Å². The van der Waals surface area contributed by atoms with Crippen LogP contribution in [0.4, 0.5) is 0 Å². The van der Waals surface area contributed by atoms with Crippen LogP contribution in [0.15, 0.2) is 29.4 Å². The number of sulfonamides is 1. The molecule has 0 aliphatic carbocycles. The smallest absolute Gasteiger partial charge is 0.244 e. The van der Waals surface area contributed by atoms with E-state index in [0.29, 0.717) is 39.1 Å². The van der Waals surface area contributed by atoms with Gasteiger partial charge in [0.25, 0.3) is 0 Å². The standard InChI is InChI=1S/C15H23N3O4S/c19-15-4-7-18(23(20,21)13-2-1-5-16-12-13)6-3-14(15)17-8-10-22-11-9-17/h1-2,5,12,14-15,19H,3-4,6-11H2/t14-,15-/m0/s1. The predicted octanol–water partition coefficient (Wildman–Crippen LogP) is -0.0722. The minimum absolute atomic E-state index is 0.00648. The summed E-state index contributed by atoms with van der Waals surface area (Å²) in [5, 5.41) is 10.4. The third-order valence-electron chi connectivity index (χ3n) is 4.58. The van der Waals surface area contributed by atoms with E-state index in [2.05, 4.69) is 9.88 Å². The molecule has 7 nitrogen and oxygen atoms in total. The Balaban J connectivity index is 1.72. The van der Waals surface area contributed by atoms with Crippen molar-refractivity contribution in [3.05, 3.63) is 24.5 Å². The minimum Gasteiger partial charge on any atom is -0.391 e. The maximum Gasteiger partial charge on any atom is 0.244 e. The fourth-order valence-corrected chi connectivity index (χ4v) is 4.71. The van der Waals surface area contributed by atoms with Crippen LogP contribution in [0.1, 0.15) is 12.8 Å². The van der Waals surface area contributed by atoms with Crippen molar-refractivity contribution in [3.63, 3.8) is 0 Å². The lowest BCUT2D eigenvalue weighted by molar-refractivity contribution is -0.0222. The van der Waals surface area contributed by atoms with E-state index in [0.717, 1.165) is 13.1 Å². The summed E-state index contributed by atoms with van der Waals surface area (Å²) in [6.07, 6.45) is 3.49. The number of pyridine rings is 1. The number of aliphatic hydroxyl groups is 1. The minimum atomic E-state index is -3.55. The zero-order chi connectivity index (χ0) is 16.3. The maximum atomic E-state index is 12.7. The van der Waals surface area contributed by atoms with Crippen LogP contribution in [-0.2, 0) is 14.8 Å². The van der Waals surface area contributed by atoms with Gasteiger partial charge in [0.2, 0.25) is 10.0 Å². The van der Waals surface area contributed by atoms with Crippen LogP contribution in [0, 0.1) is 0 Å². The van der Waals surface area contributed by atoms with E-state index in [9.17, 15) is 13.5 Å². The van der Waals surface area contributed by atoms with Gasteiger partial charge in [-0.15, -0.1) is 0 Å². The highest BCUT2D eigenvalue weighted by Gasteiger charge is 2.34. The van der Waals surface area contributed by atoms with Gasteiger partial charge < -0.3 is 9.84 Å². The number of hydrogen-bond donors (Lipinski definition) is 1. The number of ether oxygens (including phenoxy) is 1. The van der Waals surface area contributed by atoms with Crippen LogP contribution in [0.25, 0.3) is 0 Å². The average Bonchev–Trinajstić information content (AvgIpc) is 2.79. The molecular formula is C15H23N3O4S. The Kier molecular flexibility index (Phi) is 5.27. The molecule has 2 atom stereocenters. The van der Waals surface area contributed by atoms with E-state index < -0.39 is 16.1 Å². The van der Waals surface area contributed by atoms with Crippen LogP contribution >= 0.6 is 0 Å². The molecule has 0 saturated carbocycles. The summed E-state index contributed by atoms with van der Waals surface area (Å²) < 4.78 is 32.2. The first-order valence-electron chi connectivity index (χ1n) is 7.99. The van der Waals surface area contributed by atoms with E-state index in [4.69, 9.17) is 4.74 Å². The van der Waals surface area contributed by atoms with Gasteiger partial charge in [-0.25, -0.2) is 8.42 Å². The Labute approximate surface area is 136 Å². The molecule has 23 heavy (non-hydrogen) atoms. The number of rotatable bonds is 3. The van der Waals surface area contributed by atoms with Crippen molar-refractivity contribution in [2.24, 2.45) is 0 Å². The molecule has 2 aliphatic rings. The van der Waals surface area contributed by atoms with Crippen molar-refractivity contribution in [2.75, 3.05) is 39.4 Å². The SMILES string of the molecule is O=S(=O)(c1cccnc1)N1CC[C@H](O)[C@@H](N2CCOCC2)CC1. The number of nitrogens with zero attached hydrogens (tertiary/aromatic N) is 3. The molecule has 3 heterocycles. The summed E-state index contributed by atoms with van der Waals surface area (Å²) in [5.74, 6) is 0. The number of morpholine rings is 1. The molecule has 2 saturated heterocycles. The molecule has 3 rings (SSSR count). The summed E-state index contributed by atoms with van der Waals surface area (Å²) in [7, 11) is -3.55. The number of hydrogen-bond acceptors (Lipinski definition) is 6. The van der Waals surface area contributed by atoms with Crippen LogP contribution in [0.3, 0.4) is 0 Å². The van der Waals surface area contributed by atoms with E-state index in [1.54, 1.807) is 18.3 Å². The van der Waals surface area contributed by atoms with Gasteiger partial charge in [0.15, 0.2) is 0 Å². The third-order valence-corrected chi connectivity index (χ3v) is 6.46. The maximum absolute atomic E-state index is 12.7. The van der Waals surface area contributed by atoms with Gasteiger partial charge in [-0.1, -0.05) is 0 Å². The summed E-state index contributed by atoms with van der Waals surface area (Å²) in [4.78, 5) is 6.32. The highest BCUT2D eigenvalue weighted by molar-refractivity contribution is 7.89. The normalized spacial score (nSPS) is 28.4. The van der Waals surface area contributed by atoms with E-state index in [1.807, 2.05) is 0 Å². The molecule has 2 fully saturated rings. The lowest BCUT2D eigenvalue weighted by atomic mass is 10.0. The van der Waals surface area contributed by atoms with Crippen LogP contribution in [0.2, 0.25) is 0 Å². The summed E-state index contributed by atoms with van der Waals surface area (Å²) >= 11 is 0. The molecule has 0 aromatic carbocycles. The molecule has 0 unspecified atom stereocenters. The molecule has 0 spiro atoms. The fourth-order valence-electron chi connectivity index (χ4n) is 3.27. The predicted molar refractivity (Wildman–Crippen MR) is 84.4 cm³/mol. The molecule has 0 amide bonds. The molecule has 1 N–H and O–H groups in total. The van der Waals surface area contributed by atoms with Gasteiger partial charge in [-0.05, 0) is 25.0 Å². The first-order chi connectivity index (χ1) is 11.1. The number of aromatic nitrogens is 1. The summed E-state index contributed by atoms with van der Waals surface area (Å²) in [6, 6.07) is 3.17. The Bertz CT molecular complexity index is 604. The van der Waals surface area contributed by atoms with Gasteiger partial charge in [0.1, 0.15) is 4.90 Å². The van der Waals surface area contributed by atoms with Crippen molar-refractivity contribution >= 4 is 10.0 Å². The second-order valence-corrected chi connectivity index (χ2v) is 7.89. The zero-order valence-electron chi connectivity index (χ0n) is 13.0.